The van der Waals surface area contributed by atoms with Crippen LogP contribution in [-0.4, -0.2) is 26.3 Å². The number of benzene rings is 2. The molecule has 2 aromatic rings. The third kappa shape index (κ3) is 5.37. The summed E-state index contributed by atoms with van der Waals surface area (Å²) in [7, 11) is 0. The molecular formula is C19H18Cl4N2O2. The Hall–Kier alpha value is -1.30. The number of hydrogen-bond donors (Lipinski definition) is 0. The van der Waals surface area contributed by atoms with Gasteiger partial charge in [-0.3, -0.25) is 9.59 Å². The molecule has 2 rings (SSSR count). The lowest BCUT2D eigenvalue weighted by Gasteiger charge is -2.36. The molecule has 0 saturated carbocycles. The minimum Gasteiger partial charge on any atom is -0.294 e. The lowest BCUT2D eigenvalue weighted by Crippen LogP contribution is -2.48. The van der Waals surface area contributed by atoms with Crippen molar-refractivity contribution in [1.29, 1.82) is 0 Å². The van der Waals surface area contributed by atoms with E-state index in [-0.39, 0.29) is 22.8 Å². The van der Waals surface area contributed by atoms with Crippen LogP contribution in [0.5, 0.6) is 0 Å². The van der Waals surface area contributed by atoms with Gasteiger partial charge in [-0.2, -0.15) is 4.53 Å². The van der Waals surface area contributed by atoms with Crippen molar-refractivity contribution in [3.05, 3.63) is 69.2 Å². The molecule has 2 aromatic carbocycles. The van der Waals surface area contributed by atoms with E-state index < -0.39 is 11.4 Å². The van der Waals surface area contributed by atoms with Crippen LogP contribution < -0.4 is 0 Å². The summed E-state index contributed by atoms with van der Waals surface area (Å²) >= 11 is 24.3. The Morgan fingerprint density at radius 2 is 1.59 bits per heavy atom. The van der Waals surface area contributed by atoms with Gasteiger partial charge < -0.3 is 0 Å². The molecule has 0 radical (unpaired) electrons. The van der Waals surface area contributed by atoms with Gasteiger partial charge in [0.2, 0.25) is 0 Å². The molecule has 0 aliphatic heterocycles. The van der Waals surface area contributed by atoms with Crippen molar-refractivity contribution >= 4 is 58.4 Å². The van der Waals surface area contributed by atoms with E-state index in [0.29, 0.717) is 15.1 Å². The van der Waals surface area contributed by atoms with E-state index in [1.807, 2.05) is 19.1 Å². The van der Waals surface area contributed by atoms with E-state index in [4.69, 9.17) is 46.8 Å². The first kappa shape index (κ1) is 22.0. The lowest BCUT2D eigenvalue weighted by molar-refractivity contribution is 0.0374. The van der Waals surface area contributed by atoms with Crippen LogP contribution in [0.15, 0.2) is 42.5 Å². The number of ketones is 1. The second-order valence-electron chi connectivity index (χ2n) is 6.73. The van der Waals surface area contributed by atoms with E-state index in [0.717, 1.165) is 10.1 Å². The molecule has 1 amide bonds. The van der Waals surface area contributed by atoms with Gasteiger partial charge in [-0.1, -0.05) is 53.0 Å². The van der Waals surface area contributed by atoms with Crippen molar-refractivity contribution in [3.63, 3.8) is 0 Å². The van der Waals surface area contributed by atoms with Crippen LogP contribution >= 0.6 is 46.8 Å². The monoisotopic (exact) mass is 446 g/mol. The Labute approximate surface area is 178 Å². The molecule has 0 heterocycles. The summed E-state index contributed by atoms with van der Waals surface area (Å²) in [6.07, 6.45) is 0.0460. The molecule has 0 N–H and O–H groups in total. The number of carbonyl (C=O) groups excluding carboxylic acids is 2. The fourth-order valence-electron chi connectivity index (χ4n) is 2.38. The van der Waals surface area contributed by atoms with Gasteiger partial charge in [0.25, 0.3) is 5.91 Å². The van der Waals surface area contributed by atoms with Crippen molar-refractivity contribution in [2.24, 2.45) is 0 Å². The molecule has 27 heavy (non-hydrogen) atoms. The number of amides is 1. The van der Waals surface area contributed by atoms with Crippen LogP contribution in [0.4, 0.5) is 0 Å². The number of carbonyl (C=O) groups is 2. The molecular weight excluding hydrogens is 430 g/mol. The van der Waals surface area contributed by atoms with E-state index in [1.54, 1.807) is 26.0 Å². The molecule has 0 aliphatic carbocycles. The first-order valence-electron chi connectivity index (χ1n) is 8.04. The number of rotatable bonds is 6. The van der Waals surface area contributed by atoms with Crippen LogP contribution in [0.1, 0.15) is 46.5 Å². The van der Waals surface area contributed by atoms with Gasteiger partial charge in [0, 0.05) is 40.6 Å². The highest BCUT2D eigenvalue weighted by atomic mass is 35.5. The number of hydrogen-bond acceptors (Lipinski definition) is 3. The molecule has 0 spiro atoms. The Kier molecular flexibility index (Phi) is 7.17. The quantitative estimate of drug-likeness (QED) is 0.295. The summed E-state index contributed by atoms with van der Waals surface area (Å²) < 4.78 is 1.70. The molecule has 0 fully saturated rings. The second-order valence-corrected chi connectivity index (χ2v) is 8.21. The van der Waals surface area contributed by atoms with Crippen molar-refractivity contribution in [3.8, 4) is 0 Å². The Bertz CT molecular complexity index is 853. The molecule has 0 aromatic heterocycles. The van der Waals surface area contributed by atoms with Crippen LogP contribution in [0.25, 0.3) is 0 Å². The van der Waals surface area contributed by atoms with Crippen molar-refractivity contribution < 1.29 is 9.59 Å². The predicted molar refractivity (Wildman–Crippen MR) is 110 cm³/mol. The average Bonchev–Trinajstić information content (AvgIpc) is 2.60. The largest absolute Gasteiger partial charge is 0.294 e. The highest BCUT2D eigenvalue weighted by Gasteiger charge is 2.36. The second kappa shape index (κ2) is 8.80. The number of nitrogens with zero attached hydrogens (tertiary/aromatic N) is 2. The summed E-state index contributed by atoms with van der Waals surface area (Å²) in [5, 5.41) is 0.543. The number of hydrazine groups is 1. The number of aryl methyl sites for hydroxylation is 1. The fourth-order valence-corrected chi connectivity index (χ4v) is 3.29. The number of Topliss-reactive ketones (excluding diaryl/α,β-unsaturated/α-hetero) is 1. The summed E-state index contributed by atoms with van der Waals surface area (Å²) in [5.41, 5.74) is 0.816. The van der Waals surface area contributed by atoms with Crippen molar-refractivity contribution in [2.75, 3.05) is 0 Å². The van der Waals surface area contributed by atoms with Crippen LogP contribution in [0, 0.1) is 6.92 Å². The topological polar surface area (TPSA) is 40.6 Å². The van der Waals surface area contributed by atoms with Crippen molar-refractivity contribution in [1.82, 2.24) is 9.06 Å². The van der Waals surface area contributed by atoms with Crippen LogP contribution in [0.3, 0.4) is 0 Å². The maximum atomic E-state index is 12.6. The van der Waals surface area contributed by atoms with E-state index in [9.17, 15) is 9.59 Å². The van der Waals surface area contributed by atoms with E-state index in [2.05, 4.69) is 0 Å². The summed E-state index contributed by atoms with van der Waals surface area (Å²) in [6.45, 7) is 5.36. The lowest BCUT2D eigenvalue weighted by atomic mass is 9.94. The third-order valence-electron chi connectivity index (χ3n) is 3.95. The SMILES string of the molecule is Cc1ccc(C(=O)CC(C)(C)N(Cl)N(Cl)C(=O)c2ccc(Cl)cc2Cl)cc1. The molecule has 0 aliphatic rings. The Balaban J connectivity index is 2.15. The maximum Gasteiger partial charge on any atom is 0.285 e. The summed E-state index contributed by atoms with van der Waals surface area (Å²) in [4.78, 5) is 25.2. The van der Waals surface area contributed by atoms with E-state index in [1.165, 1.54) is 18.2 Å². The normalized spacial score (nSPS) is 11.6. The standard InChI is InChI=1S/C19H18Cl4N2O2/c1-12-4-6-13(7-5-12)17(26)11-19(2,3)25(23)24(22)18(27)15-9-8-14(20)10-16(15)21/h4-10H,11H2,1-3H3. The fraction of sp³-hybridized carbons (Fsp3) is 0.263. The minimum absolute atomic E-state index is 0.0460. The van der Waals surface area contributed by atoms with Gasteiger partial charge in [0.1, 0.15) is 0 Å². The molecule has 0 bridgehead atoms. The van der Waals surface area contributed by atoms with Crippen molar-refractivity contribution in [2.45, 2.75) is 32.7 Å². The van der Waals surface area contributed by atoms with Gasteiger partial charge in [-0.05, 0) is 39.0 Å². The van der Waals surface area contributed by atoms with Gasteiger partial charge >= 0.3 is 0 Å². The Morgan fingerprint density at radius 1 is 1.00 bits per heavy atom. The molecule has 4 nitrogen and oxygen atoms in total. The molecule has 0 unspecified atom stereocenters. The van der Waals surface area contributed by atoms with Gasteiger partial charge in [-0.25, -0.2) is 0 Å². The summed E-state index contributed by atoms with van der Waals surface area (Å²) in [6, 6.07) is 11.6. The smallest absolute Gasteiger partial charge is 0.285 e. The van der Waals surface area contributed by atoms with E-state index >= 15 is 0 Å². The zero-order valence-electron chi connectivity index (χ0n) is 15.0. The highest BCUT2D eigenvalue weighted by Crippen LogP contribution is 2.30. The zero-order valence-corrected chi connectivity index (χ0v) is 18.0. The van der Waals surface area contributed by atoms with Crippen LogP contribution in [0.2, 0.25) is 10.0 Å². The first-order valence-corrected chi connectivity index (χ1v) is 9.47. The average molecular weight is 448 g/mol. The first-order chi connectivity index (χ1) is 12.5. The molecule has 0 atom stereocenters. The molecule has 8 heteroatoms. The van der Waals surface area contributed by atoms with Gasteiger partial charge in [-0.15, -0.1) is 4.53 Å². The highest BCUT2D eigenvalue weighted by molar-refractivity contribution is 6.38. The van der Waals surface area contributed by atoms with Crippen LogP contribution in [-0.2, 0) is 0 Å². The number of halogens is 4. The third-order valence-corrected chi connectivity index (χ3v) is 5.49. The van der Waals surface area contributed by atoms with Gasteiger partial charge in [0.15, 0.2) is 5.78 Å². The molecule has 144 valence electrons. The Morgan fingerprint density at radius 3 is 2.15 bits per heavy atom. The molecule has 0 saturated heterocycles. The maximum absolute atomic E-state index is 12.6. The minimum atomic E-state index is -0.945. The van der Waals surface area contributed by atoms with Gasteiger partial charge in [0.05, 0.1) is 16.1 Å². The predicted octanol–water partition coefficient (Wildman–Crippen LogP) is 6.32. The summed E-state index contributed by atoms with van der Waals surface area (Å²) in [5.74, 6) is -0.753. The zero-order chi connectivity index (χ0) is 20.4.